The molecule has 0 radical (unpaired) electrons. The third-order valence-electron chi connectivity index (χ3n) is 7.89. The number of anilines is 2. The Morgan fingerprint density at radius 3 is 2.29 bits per heavy atom. The van der Waals surface area contributed by atoms with Crippen molar-refractivity contribution in [1.82, 2.24) is 9.47 Å². The van der Waals surface area contributed by atoms with Gasteiger partial charge in [-0.05, 0) is 49.6 Å². The van der Waals surface area contributed by atoms with E-state index in [2.05, 4.69) is 34.9 Å². The van der Waals surface area contributed by atoms with Gasteiger partial charge in [0.2, 0.25) is 0 Å². The summed E-state index contributed by atoms with van der Waals surface area (Å²) in [6, 6.07) is 20.6. The molecule has 7 nitrogen and oxygen atoms in total. The first kappa shape index (κ1) is 29.6. The fourth-order valence-corrected chi connectivity index (χ4v) is 6.70. The highest BCUT2D eigenvalue weighted by Gasteiger charge is 2.34. The highest BCUT2D eigenvalue weighted by Crippen LogP contribution is 2.37. The van der Waals surface area contributed by atoms with E-state index in [0.29, 0.717) is 41.0 Å². The number of unbranched alkanes of at least 4 members (excludes halogenated alkanes) is 1. The zero-order valence-electron chi connectivity index (χ0n) is 24.3. The Morgan fingerprint density at radius 2 is 1.64 bits per heavy atom. The number of thiocarbonyl (C=S) groups is 1. The quantitative estimate of drug-likeness (QED) is 0.238. The average Bonchev–Trinajstić information content (AvgIpc) is 3.27. The number of aryl methyl sites for hydroxylation is 1. The van der Waals surface area contributed by atoms with Crippen molar-refractivity contribution in [3.63, 3.8) is 0 Å². The van der Waals surface area contributed by atoms with Crippen LogP contribution in [0.4, 0.5) is 11.5 Å². The molecule has 0 saturated carbocycles. The molecule has 3 heterocycles. The molecule has 5 rings (SSSR count). The summed E-state index contributed by atoms with van der Waals surface area (Å²) in [6.07, 6.45) is 3.57. The number of amides is 1. The monoisotopic (exact) mass is 597 g/mol. The number of carbonyl (C=O) groups is 1. The van der Waals surface area contributed by atoms with Gasteiger partial charge in [-0.1, -0.05) is 85.4 Å². The highest BCUT2D eigenvalue weighted by atomic mass is 32.2. The second-order valence-electron chi connectivity index (χ2n) is 10.7. The molecule has 2 aliphatic heterocycles. The van der Waals surface area contributed by atoms with Crippen LogP contribution in [0.3, 0.4) is 0 Å². The van der Waals surface area contributed by atoms with Gasteiger partial charge < -0.3 is 9.80 Å². The van der Waals surface area contributed by atoms with E-state index in [-0.39, 0.29) is 17.0 Å². The van der Waals surface area contributed by atoms with Gasteiger partial charge in [-0.3, -0.25) is 19.1 Å². The Kier molecular flexibility index (Phi) is 9.15. The summed E-state index contributed by atoms with van der Waals surface area (Å²) < 4.78 is 2.26. The van der Waals surface area contributed by atoms with E-state index in [1.165, 1.54) is 17.4 Å². The molecule has 42 heavy (non-hydrogen) atoms. The number of aromatic nitrogens is 1. The van der Waals surface area contributed by atoms with Crippen LogP contribution in [0.5, 0.6) is 0 Å². The molecule has 2 saturated heterocycles. The summed E-state index contributed by atoms with van der Waals surface area (Å²) >= 11 is 6.92. The molecule has 1 amide bonds. The second-order valence-corrected chi connectivity index (χ2v) is 12.4. The fraction of sp³-hybridized carbons (Fsp3) is 0.333. The standard InChI is InChI=1S/C33H35N5O2S2/c1-4-5-15-37-30(36-18-16-35(17-19-36)26-9-7-6-8-10-26)27(24(3)28(21-34)31(37)39)20-29-32(40)38(33(41)42-29)22-25-13-11-23(2)12-14-25/h6-14,20H,4-5,15-19,22H2,1-3H3/b29-20-. The van der Waals surface area contributed by atoms with Crippen LogP contribution in [-0.2, 0) is 17.9 Å². The molecule has 0 aliphatic carbocycles. The average molecular weight is 598 g/mol. The van der Waals surface area contributed by atoms with Crippen LogP contribution in [0.2, 0.25) is 0 Å². The summed E-state index contributed by atoms with van der Waals surface area (Å²) in [6.45, 7) is 9.84. The van der Waals surface area contributed by atoms with Crippen LogP contribution in [0.15, 0.2) is 64.3 Å². The molecular formula is C33H35N5O2S2. The number of para-hydroxylation sites is 1. The molecule has 0 unspecified atom stereocenters. The number of benzene rings is 2. The molecule has 2 aliphatic rings. The lowest BCUT2D eigenvalue weighted by Crippen LogP contribution is -2.48. The minimum atomic E-state index is -0.270. The molecule has 0 spiro atoms. The lowest BCUT2D eigenvalue weighted by Gasteiger charge is -2.39. The number of nitriles is 1. The SMILES string of the molecule is CCCCn1c(N2CCN(c3ccccc3)CC2)c(/C=C2\SC(=S)N(Cc3ccc(C)cc3)C2=O)c(C)c(C#N)c1=O. The van der Waals surface area contributed by atoms with E-state index in [1.807, 2.05) is 62.4 Å². The first-order valence-corrected chi connectivity index (χ1v) is 15.6. The van der Waals surface area contributed by atoms with Crippen LogP contribution in [0, 0.1) is 25.2 Å². The fourth-order valence-electron chi connectivity index (χ4n) is 5.47. The number of hydrogen-bond donors (Lipinski definition) is 0. The first-order valence-electron chi connectivity index (χ1n) is 14.4. The Hall–Kier alpha value is -3.87. The molecule has 0 atom stereocenters. The van der Waals surface area contributed by atoms with Gasteiger partial charge in [0.05, 0.1) is 11.4 Å². The maximum atomic E-state index is 13.7. The van der Waals surface area contributed by atoms with E-state index in [1.54, 1.807) is 9.47 Å². The predicted octanol–water partition coefficient (Wildman–Crippen LogP) is 5.86. The van der Waals surface area contributed by atoms with E-state index in [4.69, 9.17) is 12.2 Å². The summed E-state index contributed by atoms with van der Waals surface area (Å²) in [5, 5.41) is 10.0. The number of hydrogen-bond acceptors (Lipinski definition) is 7. The normalized spacial score (nSPS) is 16.4. The number of thioether (sulfide) groups is 1. The largest absolute Gasteiger partial charge is 0.368 e. The number of nitrogens with zero attached hydrogens (tertiary/aromatic N) is 5. The van der Waals surface area contributed by atoms with Crippen molar-refractivity contribution in [3.05, 3.63) is 97.7 Å². The molecule has 1 aromatic heterocycles. The van der Waals surface area contributed by atoms with Gasteiger partial charge in [0.15, 0.2) is 0 Å². The van der Waals surface area contributed by atoms with Gasteiger partial charge in [-0.25, -0.2) is 0 Å². The molecule has 2 aromatic carbocycles. The summed E-state index contributed by atoms with van der Waals surface area (Å²) in [5.41, 5.74) is 4.53. The van der Waals surface area contributed by atoms with Gasteiger partial charge in [0, 0.05) is 44.0 Å². The van der Waals surface area contributed by atoms with E-state index in [9.17, 15) is 14.9 Å². The first-order chi connectivity index (χ1) is 20.3. The number of pyridine rings is 1. The van der Waals surface area contributed by atoms with Crippen LogP contribution in [0.1, 0.15) is 47.6 Å². The zero-order valence-corrected chi connectivity index (χ0v) is 25.9. The van der Waals surface area contributed by atoms with Crippen molar-refractivity contribution in [3.8, 4) is 6.07 Å². The number of rotatable bonds is 8. The maximum Gasteiger partial charge on any atom is 0.270 e. The van der Waals surface area contributed by atoms with Gasteiger partial charge in [0.25, 0.3) is 11.5 Å². The molecule has 3 aromatic rings. The van der Waals surface area contributed by atoms with Gasteiger partial charge in [-0.15, -0.1) is 0 Å². The van der Waals surface area contributed by atoms with Gasteiger partial charge in [0.1, 0.15) is 21.8 Å². The van der Waals surface area contributed by atoms with Gasteiger partial charge >= 0.3 is 0 Å². The molecule has 0 N–H and O–H groups in total. The summed E-state index contributed by atoms with van der Waals surface area (Å²) in [7, 11) is 0. The van der Waals surface area contributed by atoms with E-state index in [0.717, 1.165) is 48.4 Å². The number of carbonyl (C=O) groups excluding carboxylic acids is 1. The third kappa shape index (κ3) is 6.01. The highest BCUT2D eigenvalue weighted by molar-refractivity contribution is 8.26. The maximum absolute atomic E-state index is 13.7. The molecule has 0 bridgehead atoms. The minimum Gasteiger partial charge on any atom is -0.368 e. The Balaban J connectivity index is 1.54. The van der Waals surface area contributed by atoms with Gasteiger partial charge in [-0.2, -0.15) is 5.26 Å². The topological polar surface area (TPSA) is 72.6 Å². The molecule has 9 heteroatoms. The smallest absolute Gasteiger partial charge is 0.270 e. The van der Waals surface area contributed by atoms with Crippen molar-refractivity contribution in [2.75, 3.05) is 36.0 Å². The summed E-state index contributed by atoms with van der Waals surface area (Å²) in [4.78, 5) is 34.0. The van der Waals surface area contributed by atoms with Crippen molar-refractivity contribution >= 4 is 51.8 Å². The molecule has 2 fully saturated rings. The van der Waals surface area contributed by atoms with Crippen molar-refractivity contribution in [1.29, 1.82) is 5.26 Å². The molecular weight excluding hydrogens is 563 g/mol. The summed E-state index contributed by atoms with van der Waals surface area (Å²) in [5.74, 6) is 0.621. The Bertz CT molecular complexity index is 1620. The zero-order chi connectivity index (χ0) is 29.8. The Labute approximate surface area is 257 Å². The van der Waals surface area contributed by atoms with Crippen molar-refractivity contribution in [2.24, 2.45) is 0 Å². The lowest BCUT2D eigenvalue weighted by molar-refractivity contribution is -0.122. The number of piperazine rings is 1. The second kappa shape index (κ2) is 13.0. The van der Waals surface area contributed by atoms with Crippen LogP contribution in [0.25, 0.3) is 6.08 Å². The Morgan fingerprint density at radius 1 is 0.976 bits per heavy atom. The van der Waals surface area contributed by atoms with Crippen LogP contribution in [-0.4, -0.2) is 45.9 Å². The van der Waals surface area contributed by atoms with Crippen molar-refractivity contribution in [2.45, 2.75) is 46.7 Å². The lowest BCUT2D eigenvalue weighted by atomic mass is 10.0. The van der Waals surface area contributed by atoms with Crippen molar-refractivity contribution < 1.29 is 4.79 Å². The van der Waals surface area contributed by atoms with Crippen LogP contribution < -0.4 is 15.4 Å². The van der Waals surface area contributed by atoms with E-state index >= 15 is 0 Å². The molecule has 216 valence electrons. The third-order valence-corrected chi connectivity index (χ3v) is 9.27. The minimum absolute atomic E-state index is 0.124. The predicted molar refractivity (Wildman–Crippen MR) is 176 cm³/mol. The van der Waals surface area contributed by atoms with Crippen LogP contribution >= 0.6 is 24.0 Å². The van der Waals surface area contributed by atoms with E-state index < -0.39 is 0 Å².